The minimum atomic E-state index is -0.150. The summed E-state index contributed by atoms with van der Waals surface area (Å²) >= 11 is 0. The molecule has 1 aliphatic carbocycles. The molecule has 2 amide bonds. The van der Waals surface area contributed by atoms with Gasteiger partial charge in [0.2, 0.25) is 0 Å². The van der Waals surface area contributed by atoms with Crippen molar-refractivity contribution in [2.75, 3.05) is 0 Å². The van der Waals surface area contributed by atoms with E-state index < -0.39 is 0 Å². The van der Waals surface area contributed by atoms with E-state index in [-0.39, 0.29) is 23.3 Å². The van der Waals surface area contributed by atoms with Crippen LogP contribution in [-0.4, -0.2) is 22.8 Å². The van der Waals surface area contributed by atoms with Crippen molar-refractivity contribution in [2.24, 2.45) is 5.41 Å². The first-order valence-corrected chi connectivity index (χ1v) is 4.57. The highest BCUT2D eigenvalue weighted by molar-refractivity contribution is 6.13. The molecule has 0 aromatic heterocycles. The number of hydrogen-bond donors (Lipinski definition) is 0. The monoisotopic (exact) mass is 179 g/mol. The van der Waals surface area contributed by atoms with Gasteiger partial charge >= 0.3 is 0 Å². The Labute approximate surface area is 77.4 Å². The number of nitrogens with zero attached hydrogens (tertiary/aromatic N) is 1. The van der Waals surface area contributed by atoms with Gasteiger partial charge in [0.1, 0.15) is 0 Å². The molecule has 2 aliphatic rings. The number of hydrogen-bond acceptors (Lipinski definition) is 2. The standard InChI is InChI=1S/C10H13NO2/c1-10(2)6-5-7(10)11-8(12)3-4-9(11)13/h3-4,7H,5-6H2,1-2H3. The van der Waals surface area contributed by atoms with Crippen molar-refractivity contribution in [3.63, 3.8) is 0 Å². The zero-order chi connectivity index (χ0) is 9.64. The van der Waals surface area contributed by atoms with Gasteiger partial charge in [-0.15, -0.1) is 0 Å². The molecule has 2 rings (SSSR count). The summed E-state index contributed by atoms with van der Waals surface area (Å²) in [5.41, 5.74) is 0.108. The van der Waals surface area contributed by atoms with Gasteiger partial charge in [-0.25, -0.2) is 0 Å². The first-order valence-electron chi connectivity index (χ1n) is 4.57. The molecule has 1 unspecified atom stereocenters. The van der Waals surface area contributed by atoms with Crippen LogP contribution in [0.4, 0.5) is 0 Å². The van der Waals surface area contributed by atoms with Gasteiger partial charge in [-0.1, -0.05) is 13.8 Å². The molecule has 0 aromatic rings. The van der Waals surface area contributed by atoms with E-state index in [0.29, 0.717) is 0 Å². The van der Waals surface area contributed by atoms with E-state index in [0.717, 1.165) is 12.8 Å². The Kier molecular flexibility index (Phi) is 1.59. The smallest absolute Gasteiger partial charge is 0.253 e. The summed E-state index contributed by atoms with van der Waals surface area (Å²) in [4.78, 5) is 24.0. The van der Waals surface area contributed by atoms with Crippen LogP contribution in [0, 0.1) is 5.41 Å². The van der Waals surface area contributed by atoms with Crippen molar-refractivity contribution in [2.45, 2.75) is 32.7 Å². The Morgan fingerprint density at radius 2 is 1.85 bits per heavy atom. The van der Waals surface area contributed by atoms with Crippen LogP contribution in [0.5, 0.6) is 0 Å². The predicted molar refractivity (Wildman–Crippen MR) is 47.8 cm³/mol. The van der Waals surface area contributed by atoms with Crippen LogP contribution in [0.25, 0.3) is 0 Å². The third-order valence-corrected chi connectivity index (χ3v) is 3.12. The van der Waals surface area contributed by atoms with E-state index in [9.17, 15) is 9.59 Å². The lowest BCUT2D eigenvalue weighted by Crippen LogP contribution is -2.54. The van der Waals surface area contributed by atoms with Crippen LogP contribution in [0.2, 0.25) is 0 Å². The fourth-order valence-electron chi connectivity index (χ4n) is 2.05. The normalized spacial score (nSPS) is 30.9. The van der Waals surface area contributed by atoms with Crippen molar-refractivity contribution in [1.29, 1.82) is 0 Å². The maximum Gasteiger partial charge on any atom is 0.253 e. The molecule has 0 radical (unpaired) electrons. The molecular weight excluding hydrogens is 166 g/mol. The second-order valence-electron chi connectivity index (χ2n) is 4.42. The molecule has 3 nitrogen and oxygen atoms in total. The third kappa shape index (κ3) is 1.10. The van der Waals surface area contributed by atoms with Gasteiger partial charge in [0.25, 0.3) is 11.8 Å². The largest absolute Gasteiger partial charge is 0.272 e. The van der Waals surface area contributed by atoms with Gasteiger partial charge in [-0.2, -0.15) is 0 Å². The molecule has 0 spiro atoms. The number of carbonyl (C=O) groups is 2. The molecule has 1 aliphatic heterocycles. The highest BCUT2D eigenvalue weighted by atomic mass is 16.2. The van der Waals surface area contributed by atoms with E-state index >= 15 is 0 Å². The molecule has 70 valence electrons. The van der Waals surface area contributed by atoms with Crippen molar-refractivity contribution in [3.05, 3.63) is 12.2 Å². The average Bonchev–Trinajstić information content (AvgIpc) is 2.34. The Morgan fingerprint density at radius 1 is 1.31 bits per heavy atom. The summed E-state index contributed by atoms with van der Waals surface area (Å²) in [7, 11) is 0. The number of carbonyl (C=O) groups excluding carboxylic acids is 2. The van der Waals surface area contributed by atoms with Crippen molar-refractivity contribution in [1.82, 2.24) is 4.90 Å². The lowest BCUT2D eigenvalue weighted by Gasteiger charge is -2.48. The molecule has 0 bridgehead atoms. The minimum Gasteiger partial charge on any atom is -0.272 e. The number of rotatable bonds is 1. The van der Waals surface area contributed by atoms with Gasteiger partial charge < -0.3 is 0 Å². The Hall–Kier alpha value is -1.12. The summed E-state index contributed by atoms with van der Waals surface area (Å²) in [5, 5.41) is 0. The van der Waals surface area contributed by atoms with Crippen LogP contribution in [-0.2, 0) is 9.59 Å². The van der Waals surface area contributed by atoms with Crippen LogP contribution in [0.15, 0.2) is 12.2 Å². The zero-order valence-corrected chi connectivity index (χ0v) is 7.91. The molecule has 0 aromatic carbocycles. The summed E-state index contributed by atoms with van der Waals surface area (Å²) in [6.07, 6.45) is 4.76. The SMILES string of the molecule is CC1(C)CCC1N1C(=O)C=CC1=O. The Bertz CT molecular complexity index is 286. The van der Waals surface area contributed by atoms with Crippen LogP contribution < -0.4 is 0 Å². The molecule has 1 heterocycles. The van der Waals surface area contributed by atoms with Gasteiger partial charge in [0.05, 0.1) is 0 Å². The van der Waals surface area contributed by atoms with Crippen LogP contribution in [0.1, 0.15) is 26.7 Å². The minimum absolute atomic E-state index is 0.108. The molecule has 3 heteroatoms. The van der Waals surface area contributed by atoms with Gasteiger partial charge in [0, 0.05) is 18.2 Å². The van der Waals surface area contributed by atoms with Gasteiger partial charge in [0.15, 0.2) is 0 Å². The quantitative estimate of drug-likeness (QED) is 0.565. The lowest BCUT2D eigenvalue weighted by atomic mass is 9.66. The molecule has 13 heavy (non-hydrogen) atoms. The molecule has 1 atom stereocenters. The Balaban J connectivity index is 2.19. The van der Waals surface area contributed by atoms with Crippen LogP contribution in [0.3, 0.4) is 0 Å². The maximum absolute atomic E-state index is 11.3. The van der Waals surface area contributed by atoms with Crippen molar-refractivity contribution in [3.8, 4) is 0 Å². The van der Waals surface area contributed by atoms with E-state index in [1.807, 2.05) is 0 Å². The number of amides is 2. The van der Waals surface area contributed by atoms with E-state index in [1.54, 1.807) is 0 Å². The molecule has 1 saturated carbocycles. The van der Waals surface area contributed by atoms with Gasteiger partial charge in [-0.3, -0.25) is 14.5 Å². The fourth-order valence-corrected chi connectivity index (χ4v) is 2.05. The topological polar surface area (TPSA) is 37.4 Å². The molecule has 0 N–H and O–H groups in total. The molecule has 0 saturated heterocycles. The predicted octanol–water partition coefficient (Wildman–Crippen LogP) is 1.10. The summed E-state index contributed by atoms with van der Waals surface area (Å²) in [6, 6.07) is 0.113. The highest BCUT2D eigenvalue weighted by Gasteiger charge is 2.46. The summed E-state index contributed by atoms with van der Waals surface area (Å²) < 4.78 is 0. The highest BCUT2D eigenvalue weighted by Crippen LogP contribution is 2.44. The zero-order valence-electron chi connectivity index (χ0n) is 7.91. The number of imide groups is 1. The first kappa shape index (κ1) is 8.48. The summed E-state index contributed by atoms with van der Waals surface area (Å²) in [6.45, 7) is 4.19. The summed E-state index contributed by atoms with van der Waals surface area (Å²) in [5.74, 6) is -0.300. The second kappa shape index (κ2) is 2.44. The fraction of sp³-hybridized carbons (Fsp3) is 0.600. The van der Waals surface area contributed by atoms with Crippen LogP contribution >= 0.6 is 0 Å². The Morgan fingerprint density at radius 3 is 2.15 bits per heavy atom. The van der Waals surface area contributed by atoms with E-state index in [4.69, 9.17) is 0 Å². The van der Waals surface area contributed by atoms with E-state index in [1.165, 1.54) is 17.1 Å². The molecule has 1 fully saturated rings. The molecular formula is C10H13NO2. The first-order chi connectivity index (χ1) is 6.02. The van der Waals surface area contributed by atoms with Crippen molar-refractivity contribution >= 4 is 11.8 Å². The third-order valence-electron chi connectivity index (χ3n) is 3.12. The van der Waals surface area contributed by atoms with Gasteiger partial charge in [-0.05, 0) is 18.3 Å². The maximum atomic E-state index is 11.3. The van der Waals surface area contributed by atoms with E-state index in [2.05, 4.69) is 13.8 Å². The average molecular weight is 179 g/mol. The lowest BCUT2D eigenvalue weighted by molar-refractivity contribution is -0.146. The second-order valence-corrected chi connectivity index (χ2v) is 4.42. The van der Waals surface area contributed by atoms with Crippen molar-refractivity contribution < 1.29 is 9.59 Å².